The second-order valence-corrected chi connectivity index (χ2v) is 8.30. The fraction of sp³-hybridized carbons (Fsp3) is 0.682. The SMILES string of the molecule is CC(c1ccc(F)cc1)N(C)CC(=O)NCC1(N2CCOCC2)CCCCC1. The van der Waals surface area contributed by atoms with Crippen LogP contribution < -0.4 is 5.32 Å². The third kappa shape index (κ3) is 5.31. The van der Waals surface area contributed by atoms with Crippen molar-refractivity contribution in [2.24, 2.45) is 0 Å². The number of morpholine rings is 1. The van der Waals surface area contributed by atoms with E-state index in [1.807, 2.05) is 18.9 Å². The Morgan fingerprint density at radius 3 is 2.50 bits per heavy atom. The topological polar surface area (TPSA) is 44.8 Å². The zero-order chi connectivity index (χ0) is 20.0. The van der Waals surface area contributed by atoms with Gasteiger partial charge < -0.3 is 10.1 Å². The predicted molar refractivity (Wildman–Crippen MR) is 109 cm³/mol. The number of hydrogen-bond acceptors (Lipinski definition) is 4. The summed E-state index contributed by atoms with van der Waals surface area (Å²) in [6.07, 6.45) is 6.05. The van der Waals surface area contributed by atoms with Gasteiger partial charge in [0, 0.05) is 31.2 Å². The molecule has 6 heteroatoms. The first-order valence-electron chi connectivity index (χ1n) is 10.6. The first-order chi connectivity index (χ1) is 13.5. The van der Waals surface area contributed by atoms with Crippen molar-refractivity contribution >= 4 is 5.91 Å². The molecule has 1 aromatic rings. The van der Waals surface area contributed by atoms with Crippen LogP contribution in [0.4, 0.5) is 4.39 Å². The van der Waals surface area contributed by atoms with Crippen molar-refractivity contribution in [1.29, 1.82) is 0 Å². The van der Waals surface area contributed by atoms with Crippen LogP contribution in [0, 0.1) is 5.82 Å². The van der Waals surface area contributed by atoms with E-state index in [1.54, 1.807) is 12.1 Å². The highest BCUT2D eigenvalue weighted by molar-refractivity contribution is 5.78. The van der Waals surface area contributed by atoms with E-state index >= 15 is 0 Å². The second kappa shape index (κ2) is 9.81. The summed E-state index contributed by atoms with van der Waals surface area (Å²) in [6, 6.07) is 6.55. The van der Waals surface area contributed by atoms with Crippen LogP contribution in [0.25, 0.3) is 0 Å². The van der Waals surface area contributed by atoms with Crippen LogP contribution in [-0.4, -0.2) is 67.7 Å². The van der Waals surface area contributed by atoms with Crippen LogP contribution >= 0.6 is 0 Å². The highest BCUT2D eigenvalue weighted by Gasteiger charge is 2.38. The molecule has 1 saturated carbocycles. The van der Waals surface area contributed by atoms with Gasteiger partial charge in [0.05, 0.1) is 19.8 Å². The van der Waals surface area contributed by atoms with Gasteiger partial charge in [-0.2, -0.15) is 0 Å². The van der Waals surface area contributed by atoms with Crippen molar-refractivity contribution in [3.63, 3.8) is 0 Å². The monoisotopic (exact) mass is 391 g/mol. The van der Waals surface area contributed by atoms with Gasteiger partial charge in [0.1, 0.15) is 5.82 Å². The van der Waals surface area contributed by atoms with Crippen LogP contribution in [0.1, 0.15) is 50.6 Å². The maximum absolute atomic E-state index is 13.1. The average molecular weight is 392 g/mol. The minimum Gasteiger partial charge on any atom is -0.379 e. The number of ether oxygens (including phenoxy) is 1. The number of hydrogen-bond donors (Lipinski definition) is 1. The van der Waals surface area contributed by atoms with Crippen molar-refractivity contribution in [2.75, 3.05) is 46.4 Å². The van der Waals surface area contributed by atoms with E-state index in [1.165, 1.54) is 31.4 Å². The Kier molecular flexibility index (Phi) is 7.43. The summed E-state index contributed by atoms with van der Waals surface area (Å²) >= 11 is 0. The molecule has 0 radical (unpaired) electrons. The van der Waals surface area contributed by atoms with Crippen LogP contribution in [0.15, 0.2) is 24.3 Å². The minimum absolute atomic E-state index is 0.0502. The van der Waals surface area contributed by atoms with Crippen molar-refractivity contribution in [3.05, 3.63) is 35.6 Å². The van der Waals surface area contributed by atoms with Crippen LogP contribution in [-0.2, 0) is 9.53 Å². The number of nitrogens with one attached hydrogen (secondary N) is 1. The molecule has 1 amide bonds. The van der Waals surface area contributed by atoms with Gasteiger partial charge in [0.15, 0.2) is 0 Å². The van der Waals surface area contributed by atoms with Gasteiger partial charge in [-0.05, 0) is 44.5 Å². The summed E-state index contributed by atoms with van der Waals surface area (Å²) < 4.78 is 18.7. The zero-order valence-electron chi connectivity index (χ0n) is 17.3. The van der Waals surface area contributed by atoms with Gasteiger partial charge in [0.25, 0.3) is 0 Å². The molecule has 1 N–H and O–H groups in total. The maximum Gasteiger partial charge on any atom is 0.234 e. The van der Waals surface area contributed by atoms with E-state index < -0.39 is 0 Å². The highest BCUT2D eigenvalue weighted by Crippen LogP contribution is 2.33. The summed E-state index contributed by atoms with van der Waals surface area (Å²) in [5.41, 5.74) is 1.09. The number of carbonyl (C=O) groups is 1. The van der Waals surface area contributed by atoms with E-state index in [0.717, 1.165) is 44.7 Å². The lowest BCUT2D eigenvalue weighted by Crippen LogP contribution is -2.60. The van der Waals surface area contributed by atoms with E-state index in [9.17, 15) is 9.18 Å². The van der Waals surface area contributed by atoms with E-state index in [2.05, 4.69) is 10.2 Å². The summed E-state index contributed by atoms with van der Waals surface area (Å²) in [5, 5.41) is 3.21. The lowest BCUT2D eigenvalue weighted by atomic mass is 9.79. The number of carbonyl (C=O) groups excluding carboxylic acids is 1. The van der Waals surface area contributed by atoms with Gasteiger partial charge in [-0.3, -0.25) is 14.6 Å². The first kappa shape index (κ1) is 21.2. The molecule has 1 saturated heterocycles. The number of likely N-dealkylation sites (N-methyl/N-ethyl adjacent to an activating group) is 1. The Morgan fingerprint density at radius 2 is 1.86 bits per heavy atom. The molecule has 1 heterocycles. The van der Waals surface area contributed by atoms with Crippen LogP contribution in [0.3, 0.4) is 0 Å². The largest absolute Gasteiger partial charge is 0.379 e. The first-order valence-corrected chi connectivity index (χ1v) is 10.6. The number of nitrogens with zero attached hydrogens (tertiary/aromatic N) is 2. The smallest absolute Gasteiger partial charge is 0.234 e. The number of amides is 1. The van der Waals surface area contributed by atoms with E-state index in [4.69, 9.17) is 4.74 Å². The molecule has 5 nitrogen and oxygen atoms in total. The number of rotatable bonds is 7. The summed E-state index contributed by atoms with van der Waals surface area (Å²) in [6.45, 7) is 6.56. The third-order valence-corrected chi connectivity index (χ3v) is 6.49. The van der Waals surface area contributed by atoms with Gasteiger partial charge >= 0.3 is 0 Å². The fourth-order valence-electron chi connectivity index (χ4n) is 4.53. The normalized spacial score (nSPS) is 21.4. The Hall–Kier alpha value is -1.50. The quantitative estimate of drug-likeness (QED) is 0.776. The summed E-state index contributed by atoms with van der Waals surface area (Å²) in [5.74, 6) is -0.188. The van der Waals surface area contributed by atoms with E-state index in [-0.39, 0.29) is 23.3 Å². The Bertz CT molecular complexity index is 625. The van der Waals surface area contributed by atoms with Crippen molar-refractivity contribution in [3.8, 4) is 0 Å². The Morgan fingerprint density at radius 1 is 1.21 bits per heavy atom. The molecular formula is C22H34FN3O2. The van der Waals surface area contributed by atoms with Gasteiger partial charge in [-0.15, -0.1) is 0 Å². The molecule has 0 aromatic heterocycles. The lowest BCUT2D eigenvalue weighted by Gasteiger charge is -2.48. The number of benzene rings is 1. The maximum atomic E-state index is 13.1. The fourth-order valence-corrected chi connectivity index (χ4v) is 4.53. The molecule has 1 aliphatic heterocycles. The minimum atomic E-state index is -0.239. The molecule has 156 valence electrons. The van der Waals surface area contributed by atoms with Crippen LogP contribution in [0.2, 0.25) is 0 Å². The Labute approximate surface area is 168 Å². The molecule has 0 spiro atoms. The van der Waals surface area contributed by atoms with Crippen LogP contribution in [0.5, 0.6) is 0 Å². The van der Waals surface area contributed by atoms with Gasteiger partial charge in [-0.25, -0.2) is 4.39 Å². The lowest BCUT2D eigenvalue weighted by molar-refractivity contribution is -0.123. The van der Waals surface area contributed by atoms with Crippen molar-refractivity contribution in [1.82, 2.24) is 15.1 Å². The molecule has 2 fully saturated rings. The number of halogens is 1. The molecule has 3 rings (SSSR count). The summed E-state index contributed by atoms with van der Waals surface area (Å²) in [4.78, 5) is 17.2. The molecule has 1 atom stereocenters. The predicted octanol–water partition coefficient (Wildman–Crippen LogP) is 2.97. The summed E-state index contributed by atoms with van der Waals surface area (Å²) in [7, 11) is 1.94. The van der Waals surface area contributed by atoms with Gasteiger partial charge in [0.2, 0.25) is 5.91 Å². The molecular weight excluding hydrogens is 357 g/mol. The van der Waals surface area contributed by atoms with E-state index in [0.29, 0.717) is 13.1 Å². The molecule has 2 aliphatic rings. The van der Waals surface area contributed by atoms with Crippen molar-refractivity contribution < 1.29 is 13.9 Å². The molecule has 1 aromatic carbocycles. The second-order valence-electron chi connectivity index (χ2n) is 8.30. The molecule has 1 aliphatic carbocycles. The standard InChI is InChI=1S/C22H34FN3O2/c1-18(19-6-8-20(23)9-7-19)25(2)16-21(27)24-17-22(10-4-3-5-11-22)26-12-14-28-15-13-26/h6-9,18H,3-5,10-17H2,1-2H3,(H,24,27). The third-order valence-electron chi connectivity index (χ3n) is 6.49. The molecule has 0 bridgehead atoms. The van der Waals surface area contributed by atoms with Gasteiger partial charge in [-0.1, -0.05) is 31.4 Å². The average Bonchev–Trinajstić information content (AvgIpc) is 2.73. The molecule has 28 heavy (non-hydrogen) atoms. The highest BCUT2D eigenvalue weighted by atomic mass is 19.1. The molecule has 1 unspecified atom stereocenters. The Balaban J connectivity index is 1.54. The van der Waals surface area contributed by atoms with Crippen molar-refractivity contribution in [2.45, 2.75) is 50.6 Å². The zero-order valence-corrected chi connectivity index (χ0v) is 17.3.